The Kier molecular flexibility index (Phi) is 7.08. The van der Waals surface area contributed by atoms with E-state index in [1.54, 1.807) is 11.9 Å². The first-order chi connectivity index (χ1) is 11.1. The second kappa shape index (κ2) is 8.37. The topological polar surface area (TPSA) is 95.0 Å². The number of likely N-dealkylation sites (tertiary alicyclic amines) is 1. The monoisotopic (exact) mass is 340 g/mol. The van der Waals surface area contributed by atoms with Crippen LogP contribution in [-0.4, -0.2) is 70.6 Å². The zero-order valence-electron chi connectivity index (χ0n) is 14.9. The number of nitrogens with zero attached hydrogens (tertiary/aromatic N) is 2. The van der Waals surface area contributed by atoms with Crippen LogP contribution in [0.3, 0.4) is 0 Å². The molecule has 1 rings (SSSR count). The van der Waals surface area contributed by atoms with Gasteiger partial charge in [-0.2, -0.15) is 0 Å². The third-order valence-electron chi connectivity index (χ3n) is 4.70. The van der Waals surface area contributed by atoms with E-state index in [1.165, 1.54) is 11.8 Å². The lowest BCUT2D eigenvalue weighted by Gasteiger charge is -2.35. The largest absolute Gasteiger partial charge is 0.480 e. The second-order valence-corrected chi connectivity index (χ2v) is 7.05. The minimum atomic E-state index is -1.00. The number of aldehydes is 1. The van der Waals surface area contributed by atoms with Crippen LogP contribution in [0.5, 0.6) is 0 Å². The van der Waals surface area contributed by atoms with Crippen molar-refractivity contribution in [2.45, 2.75) is 58.0 Å². The number of amides is 1. The number of likely N-dealkylation sites (N-methyl/N-ethyl adjacent to an activating group) is 1. The third kappa shape index (κ3) is 4.63. The van der Waals surface area contributed by atoms with Gasteiger partial charge < -0.3 is 14.8 Å². The number of carbonyl (C=O) groups excluding carboxylic acids is 3. The lowest BCUT2D eigenvalue weighted by molar-refractivity contribution is -0.148. The maximum Gasteiger partial charge on any atom is 0.320 e. The molecule has 7 heteroatoms. The molecule has 2 atom stereocenters. The van der Waals surface area contributed by atoms with Gasteiger partial charge >= 0.3 is 5.97 Å². The minimum Gasteiger partial charge on any atom is -0.480 e. The summed E-state index contributed by atoms with van der Waals surface area (Å²) in [7, 11) is 1.71. The Hall–Kier alpha value is -1.76. The summed E-state index contributed by atoms with van der Waals surface area (Å²) in [5.74, 6) is -1.88. The molecule has 136 valence electrons. The number of hydrogen-bond acceptors (Lipinski definition) is 5. The third-order valence-corrected chi connectivity index (χ3v) is 4.70. The van der Waals surface area contributed by atoms with E-state index in [0.717, 1.165) is 6.29 Å². The van der Waals surface area contributed by atoms with Crippen molar-refractivity contribution in [3.8, 4) is 0 Å². The van der Waals surface area contributed by atoms with Crippen molar-refractivity contribution in [1.82, 2.24) is 9.80 Å². The van der Waals surface area contributed by atoms with Gasteiger partial charge in [-0.25, -0.2) is 0 Å². The molecule has 1 aliphatic rings. The van der Waals surface area contributed by atoms with Crippen LogP contribution in [0, 0.1) is 5.92 Å². The van der Waals surface area contributed by atoms with Crippen molar-refractivity contribution in [2.75, 3.05) is 20.1 Å². The van der Waals surface area contributed by atoms with Crippen LogP contribution in [0.1, 0.15) is 46.5 Å². The molecule has 1 fully saturated rings. The standard InChI is InChI=1S/C17H28N2O5/c1-12(2)10-14(16(23)24)18(4)9-7-17(11-20)6-5-8-19(17)15(22)13(3)21/h11-12,14H,5-10H2,1-4H3,(H,23,24)/t14-,17-/m1/s1. The first-order valence-electron chi connectivity index (χ1n) is 8.36. The van der Waals surface area contributed by atoms with Gasteiger partial charge in [-0.3, -0.25) is 19.3 Å². The summed E-state index contributed by atoms with van der Waals surface area (Å²) >= 11 is 0. The Balaban J connectivity index is 2.84. The molecule has 1 N–H and O–H groups in total. The molecule has 1 amide bonds. The maximum atomic E-state index is 12.1. The summed E-state index contributed by atoms with van der Waals surface area (Å²) in [6, 6.07) is -0.632. The summed E-state index contributed by atoms with van der Waals surface area (Å²) in [6.07, 6.45) is 2.75. The molecule has 0 bridgehead atoms. The first kappa shape index (κ1) is 20.3. The average Bonchev–Trinajstić information content (AvgIpc) is 2.93. The van der Waals surface area contributed by atoms with Crippen LogP contribution < -0.4 is 0 Å². The molecule has 7 nitrogen and oxygen atoms in total. The highest BCUT2D eigenvalue weighted by atomic mass is 16.4. The summed E-state index contributed by atoms with van der Waals surface area (Å²) < 4.78 is 0. The molecule has 0 aliphatic carbocycles. The molecule has 0 radical (unpaired) electrons. The van der Waals surface area contributed by atoms with Crippen LogP contribution >= 0.6 is 0 Å². The van der Waals surface area contributed by atoms with Gasteiger partial charge in [-0.05, 0) is 38.6 Å². The highest BCUT2D eigenvalue weighted by Gasteiger charge is 2.44. The van der Waals surface area contributed by atoms with E-state index < -0.39 is 29.2 Å². The quantitative estimate of drug-likeness (QED) is 0.496. The maximum absolute atomic E-state index is 12.1. The number of Topliss-reactive ketones (excluding diaryl/α,β-unsaturated/α-hetero) is 1. The van der Waals surface area contributed by atoms with E-state index in [2.05, 4.69) is 0 Å². The smallest absolute Gasteiger partial charge is 0.320 e. The summed E-state index contributed by atoms with van der Waals surface area (Å²) in [5.41, 5.74) is -1.00. The zero-order chi connectivity index (χ0) is 18.5. The number of hydrogen-bond donors (Lipinski definition) is 1. The van der Waals surface area contributed by atoms with E-state index in [1.807, 2.05) is 13.8 Å². The van der Waals surface area contributed by atoms with Crippen LogP contribution in [-0.2, 0) is 19.2 Å². The van der Waals surface area contributed by atoms with Gasteiger partial charge in [-0.1, -0.05) is 13.8 Å². The van der Waals surface area contributed by atoms with Crippen LogP contribution in [0.4, 0.5) is 0 Å². The van der Waals surface area contributed by atoms with Crippen LogP contribution in [0.2, 0.25) is 0 Å². The van der Waals surface area contributed by atoms with Crippen LogP contribution in [0.15, 0.2) is 0 Å². The number of carboxylic acids is 1. The summed E-state index contributed by atoms with van der Waals surface area (Å²) in [6.45, 7) is 5.87. The molecular weight excluding hydrogens is 312 g/mol. The van der Waals surface area contributed by atoms with Gasteiger partial charge in [0.15, 0.2) is 0 Å². The molecular formula is C17H28N2O5. The SMILES string of the molecule is CC(=O)C(=O)N1CCC[C@]1(C=O)CCN(C)[C@H](CC(C)C)C(=O)O. The van der Waals surface area contributed by atoms with Crippen molar-refractivity contribution in [1.29, 1.82) is 0 Å². The van der Waals surface area contributed by atoms with Crippen molar-refractivity contribution < 1.29 is 24.3 Å². The van der Waals surface area contributed by atoms with E-state index in [-0.39, 0.29) is 5.92 Å². The van der Waals surface area contributed by atoms with Gasteiger partial charge in [0.25, 0.3) is 5.91 Å². The molecule has 0 aromatic heterocycles. The number of rotatable bonds is 9. The van der Waals surface area contributed by atoms with Gasteiger partial charge in [0.05, 0.1) is 5.54 Å². The van der Waals surface area contributed by atoms with E-state index >= 15 is 0 Å². The Morgan fingerprint density at radius 1 is 1.33 bits per heavy atom. The molecule has 1 aliphatic heterocycles. The average molecular weight is 340 g/mol. The van der Waals surface area contributed by atoms with Crippen molar-refractivity contribution in [3.63, 3.8) is 0 Å². The lowest BCUT2D eigenvalue weighted by Crippen LogP contribution is -2.52. The molecule has 24 heavy (non-hydrogen) atoms. The molecule has 0 aromatic carbocycles. The summed E-state index contributed by atoms with van der Waals surface area (Å²) in [4.78, 5) is 49.7. The first-order valence-corrected chi connectivity index (χ1v) is 8.36. The number of carboxylic acid groups (broad SMARTS) is 1. The fourth-order valence-electron chi connectivity index (χ4n) is 3.28. The van der Waals surface area contributed by atoms with Gasteiger partial charge in [0.2, 0.25) is 5.78 Å². The Morgan fingerprint density at radius 3 is 2.42 bits per heavy atom. The van der Waals surface area contributed by atoms with Gasteiger partial charge in [-0.15, -0.1) is 0 Å². The molecule has 0 spiro atoms. The number of aliphatic carboxylic acids is 1. The fraction of sp³-hybridized carbons (Fsp3) is 0.765. The summed E-state index contributed by atoms with van der Waals surface area (Å²) in [5, 5.41) is 9.40. The lowest BCUT2D eigenvalue weighted by atomic mass is 9.92. The van der Waals surface area contributed by atoms with Gasteiger partial charge in [0, 0.05) is 20.0 Å². The second-order valence-electron chi connectivity index (χ2n) is 7.05. The molecule has 0 unspecified atom stereocenters. The Morgan fingerprint density at radius 2 is 1.96 bits per heavy atom. The highest BCUT2D eigenvalue weighted by molar-refractivity contribution is 6.35. The Labute approximate surface area is 143 Å². The van der Waals surface area contributed by atoms with Crippen molar-refractivity contribution in [3.05, 3.63) is 0 Å². The normalized spacial score (nSPS) is 22.0. The van der Waals surface area contributed by atoms with Crippen LogP contribution in [0.25, 0.3) is 0 Å². The fourth-order valence-corrected chi connectivity index (χ4v) is 3.28. The molecule has 1 saturated heterocycles. The van der Waals surface area contributed by atoms with Crippen molar-refractivity contribution in [2.24, 2.45) is 5.92 Å². The number of ketones is 1. The molecule has 0 saturated carbocycles. The van der Waals surface area contributed by atoms with E-state index in [0.29, 0.717) is 38.8 Å². The predicted octanol–water partition coefficient (Wildman–Crippen LogP) is 0.957. The number of carbonyl (C=O) groups is 4. The predicted molar refractivity (Wildman–Crippen MR) is 88.5 cm³/mol. The molecule has 1 heterocycles. The van der Waals surface area contributed by atoms with E-state index in [9.17, 15) is 24.3 Å². The zero-order valence-corrected chi connectivity index (χ0v) is 14.9. The van der Waals surface area contributed by atoms with Gasteiger partial charge in [0.1, 0.15) is 12.3 Å². The van der Waals surface area contributed by atoms with Crippen molar-refractivity contribution >= 4 is 23.9 Å². The molecule has 0 aromatic rings. The minimum absolute atomic E-state index is 0.232. The highest BCUT2D eigenvalue weighted by Crippen LogP contribution is 2.31. The Bertz CT molecular complexity index is 505. The van der Waals surface area contributed by atoms with E-state index in [4.69, 9.17) is 0 Å².